The molecule has 0 aliphatic heterocycles. The molecule has 0 saturated heterocycles. The molecule has 0 radical (unpaired) electrons. The van der Waals surface area contributed by atoms with Gasteiger partial charge in [-0.1, -0.05) is 48.1 Å². The monoisotopic (exact) mass is 228 g/mol. The van der Waals surface area contributed by atoms with Crippen LogP contribution in [0, 0.1) is 5.41 Å². The van der Waals surface area contributed by atoms with E-state index in [1.807, 2.05) is 43.3 Å². The lowest BCUT2D eigenvalue weighted by atomic mass is 9.76. The molecule has 0 amide bonds. The van der Waals surface area contributed by atoms with Crippen LogP contribution in [-0.4, -0.2) is 11.1 Å². The quantitative estimate of drug-likeness (QED) is 0.841. The van der Waals surface area contributed by atoms with Gasteiger partial charge in [0, 0.05) is 0 Å². The van der Waals surface area contributed by atoms with Gasteiger partial charge in [0.15, 0.2) is 0 Å². The zero-order valence-corrected chi connectivity index (χ0v) is 10.1. The van der Waals surface area contributed by atoms with Crippen molar-refractivity contribution in [2.24, 2.45) is 5.41 Å². The Morgan fingerprint density at radius 1 is 1.29 bits per heavy atom. The molecule has 1 atom stereocenters. The molecule has 1 aliphatic rings. The van der Waals surface area contributed by atoms with Crippen LogP contribution >= 0.6 is 0 Å². The zero-order chi connectivity index (χ0) is 12.5. The highest BCUT2D eigenvalue weighted by Gasteiger charge is 2.34. The minimum Gasteiger partial charge on any atom is -0.481 e. The first-order valence-electron chi connectivity index (χ1n) is 5.70. The summed E-state index contributed by atoms with van der Waals surface area (Å²) in [7, 11) is 0. The highest BCUT2D eigenvalue weighted by Crippen LogP contribution is 2.38. The molecule has 0 spiro atoms. The average Bonchev–Trinajstić information content (AvgIpc) is 2.29. The summed E-state index contributed by atoms with van der Waals surface area (Å²) in [4.78, 5) is 11.3. The third-order valence-corrected chi connectivity index (χ3v) is 3.14. The Balaban J connectivity index is 2.40. The molecule has 2 nitrogen and oxygen atoms in total. The summed E-state index contributed by atoms with van der Waals surface area (Å²) < 4.78 is 0. The first-order valence-corrected chi connectivity index (χ1v) is 5.70. The van der Waals surface area contributed by atoms with Gasteiger partial charge in [-0.2, -0.15) is 0 Å². The lowest BCUT2D eigenvalue weighted by Crippen LogP contribution is -2.27. The number of aliphatic carboxylic acids is 1. The fourth-order valence-electron chi connectivity index (χ4n) is 2.29. The maximum Gasteiger partial charge on any atom is 0.313 e. The summed E-state index contributed by atoms with van der Waals surface area (Å²) in [6.45, 7) is 3.72. The summed E-state index contributed by atoms with van der Waals surface area (Å²) in [5.74, 6) is -0.765. The number of hydrogen-bond donors (Lipinski definition) is 1. The molecule has 1 N–H and O–H groups in total. The Bertz CT molecular complexity index is 497. The van der Waals surface area contributed by atoms with E-state index in [0.717, 1.165) is 16.7 Å². The van der Waals surface area contributed by atoms with Crippen molar-refractivity contribution in [1.82, 2.24) is 0 Å². The molecule has 0 heterocycles. The van der Waals surface area contributed by atoms with Crippen molar-refractivity contribution >= 4 is 11.5 Å². The van der Waals surface area contributed by atoms with Crippen LogP contribution in [-0.2, 0) is 4.79 Å². The minimum absolute atomic E-state index is 0.545. The molecular weight excluding hydrogens is 212 g/mol. The molecule has 1 aliphatic carbocycles. The molecule has 17 heavy (non-hydrogen) atoms. The van der Waals surface area contributed by atoms with Crippen LogP contribution in [0.1, 0.15) is 25.8 Å². The molecule has 0 saturated carbocycles. The van der Waals surface area contributed by atoms with Crippen molar-refractivity contribution in [1.29, 1.82) is 0 Å². The van der Waals surface area contributed by atoms with Crippen molar-refractivity contribution in [2.45, 2.75) is 20.3 Å². The molecule has 88 valence electrons. The average molecular weight is 228 g/mol. The largest absolute Gasteiger partial charge is 0.481 e. The third-order valence-electron chi connectivity index (χ3n) is 3.14. The first kappa shape index (κ1) is 11.6. The fraction of sp³-hybridized carbons (Fsp3) is 0.267. The number of allylic oxidation sites excluding steroid dienone is 3. The van der Waals surface area contributed by atoms with E-state index in [1.165, 1.54) is 0 Å². The summed E-state index contributed by atoms with van der Waals surface area (Å²) in [6, 6.07) is 9.95. The van der Waals surface area contributed by atoms with E-state index in [4.69, 9.17) is 0 Å². The fourth-order valence-corrected chi connectivity index (χ4v) is 2.29. The maximum atomic E-state index is 11.3. The van der Waals surface area contributed by atoms with Gasteiger partial charge in [0.05, 0.1) is 5.41 Å². The number of rotatable bonds is 2. The van der Waals surface area contributed by atoms with Crippen molar-refractivity contribution < 1.29 is 9.90 Å². The van der Waals surface area contributed by atoms with Gasteiger partial charge in [0.1, 0.15) is 0 Å². The lowest BCUT2D eigenvalue weighted by molar-refractivity contribution is -0.144. The molecule has 1 aromatic rings. The smallest absolute Gasteiger partial charge is 0.313 e. The Morgan fingerprint density at radius 2 is 1.94 bits per heavy atom. The molecule has 2 heteroatoms. The number of carbonyl (C=O) groups is 1. The van der Waals surface area contributed by atoms with E-state index in [9.17, 15) is 9.90 Å². The number of hydrogen-bond acceptors (Lipinski definition) is 1. The standard InChI is InChI=1S/C15H16O2/c1-11-8-13(12-6-4-3-5-7-12)10-15(2,9-11)14(16)17/h3-9H,10H2,1-2H3,(H,16,17). The molecule has 0 bridgehead atoms. The van der Waals surface area contributed by atoms with E-state index in [0.29, 0.717) is 6.42 Å². The second-order valence-electron chi connectivity index (χ2n) is 4.82. The second-order valence-corrected chi connectivity index (χ2v) is 4.82. The van der Waals surface area contributed by atoms with E-state index < -0.39 is 11.4 Å². The first-order chi connectivity index (χ1) is 8.01. The van der Waals surface area contributed by atoms with Gasteiger partial charge in [0.2, 0.25) is 0 Å². The summed E-state index contributed by atoms with van der Waals surface area (Å²) in [5.41, 5.74) is 2.42. The third kappa shape index (κ3) is 2.31. The molecular formula is C15H16O2. The van der Waals surface area contributed by atoms with Crippen LogP contribution in [0.15, 0.2) is 48.1 Å². The van der Waals surface area contributed by atoms with E-state index in [-0.39, 0.29) is 0 Å². The Hall–Kier alpha value is -1.83. The number of benzene rings is 1. The Kier molecular flexibility index (Phi) is 2.88. The van der Waals surface area contributed by atoms with Gasteiger partial charge in [-0.3, -0.25) is 4.79 Å². The van der Waals surface area contributed by atoms with Gasteiger partial charge in [0.25, 0.3) is 0 Å². The van der Waals surface area contributed by atoms with Crippen LogP contribution in [0.3, 0.4) is 0 Å². The highest BCUT2D eigenvalue weighted by molar-refractivity contribution is 5.83. The van der Waals surface area contributed by atoms with Crippen LogP contribution in [0.2, 0.25) is 0 Å². The molecule has 1 aromatic carbocycles. The molecule has 2 rings (SSSR count). The van der Waals surface area contributed by atoms with Crippen molar-refractivity contribution in [3.05, 3.63) is 53.6 Å². The van der Waals surface area contributed by atoms with Crippen LogP contribution in [0.4, 0.5) is 0 Å². The number of carboxylic acids is 1. The van der Waals surface area contributed by atoms with Crippen LogP contribution in [0.5, 0.6) is 0 Å². The lowest BCUT2D eigenvalue weighted by Gasteiger charge is -2.27. The minimum atomic E-state index is -0.788. The maximum absolute atomic E-state index is 11.3. The van der Waals surface area contributed by atoms with Gasteiger partial charge < -0.3 is 5.11 Å². The van der Waals surface area contributed by atoms with E-state index >= 15 is 0 Å². The SMILES string of the molecule is CC1=CC(C)(C(=O)O)CC(c2ccccc2)=C1. The van der Waals surface area contributed by atoms with Gasteiger partial charge in [-0.05, 0) is 31.4 Å². The van der Waals surface area contributed by atoms with Crippen LogP contribution in [0.25, 0.3) is 5.57 Å². The molecule has 0 fully saturated rings. The summed E-state index contributed by atoms with van der Waals surface area (Å²) in [6.07, 6.45) is 4.45. The van der Waals surface area contributed by atoms with Gasteiger partial charge >= 0.3 is 5.97 Å². The normalized spacial score (nSPS) is 23.9. The highest BCUT2D eigenvalue weighted by atomic mass is 16.4. The topological polar surface area (TPSA) is 37.3 Å². The van der Waals surface area contributed by atoms with Crippen molar-refractivity contribution in [2.75, 3.05) is 0 Å². The van der Waals surface area contributed by atoms with E-state index in [1.54, 1.807) is 6.92 Å². The van der Waals surface area contributed by atoms with Crippen molar-refractivity contribution in [3.8, 4) is 0 Å². The predicted molar refractivity (Wildman–Crippen MR) is 68.5 cm³/mol. The molecule has 1 unspecified atom stereocenters. The predicted octanol–water partition coefficient (Wildman–Crippen LogP) is 3.51. The van der Waals surface area contributed by atoms with Gasteiger partial charge in [-0.25, -0.2) is 0 Å². The van der Waals surface area contributed by atoms with Crippen molar-refractivity contribution in [3.63, 3.8) is 0 Å². The second kappa shape index (κ2) is 4.21. The van der Waals surface area contributed by atoms with Gasteiger partial charge in [-0.15, -0.1) is 0 Å². The number of carboxylic acid groups (broad SMARTS) is 1. The molecule has 0 aromatic heterocycles. The van der Waals surface area contributed by atoms with E-state index in [2.05, 4.69) is 6.08 Å². The summed E-state index contributed by atoms with van der Waals surface area (Å²) >= 11 is 0. The Labute approximate surface area is 101 Å². The zero-order valence-electron chi connectivity index (χ0n) is 10.1. The Morgan fingerprint density at radius 3 is 2.53 bits per heavy atom. The van der Waals surface area contributed by atoms with Crippen LogP contribution < -0.4 is 0 Å². The summed E-state index contributed by atoms with van der Waals surface area (Å²) in [5, 5.41) is 9.31.